The van der Waals surface area contributed by atoms with Crippen LogP contribution in [0.15, 0.2) is 61.4 Å². The van der Waals surface area contributed by atoms with Crippen LogP contribution < -0.4 is 5.73 Å². The molecule has 4 aromatic rings. The Kier molecular flexibility index (Phi) is 9.05. The first-order chi connectivity index (χ1) is 21.2. The molecule has 44 heavy (non-hydrogen) atoms. The standard InChI is InChI=1S/C32H37ClN6O3S2/c1-3-31(30-13-22-9-10-23(33)14-29(22)43-30)44(41,42)38-17-25(16-37(2)24-6-4-5-7-24)39(26(18-38)19-40)15-21-8-11-27-28(12-21)35-20-36-32(27)34/h3,8-14,19-20,24-26,31H,1,4-7,15-18H2,2H3,(H2,34,35,36). The summed E-state index contributed by atoms with van der Waals surface area (Å²) in [5.74, 6) is 0.417. The molecule has 2 N–H and O–H groups in total. The maximum Gasteiger partial charge on any atom is 0.225 e. The van der Waals surface area contributed by atoms with Crippen LogP contribution in [0.1, 0.15) is 41.4 Å². The van der Waals surface area contributed by atoms with E-state index in [-0.39, 0.29) is 19.1 Å². The first-order valence-corrected chi connectivity index (χ1v) is 17.6. The van der Waals surface area contributed by atoms with Crippen molar-refractivity contribution in [3.63, 3.8) is 0 Å². The predicted molar refractivity (Wildman–Crippen MR) is 178 cm³/mol. The molecule has 232 valence electrons. The number of benzene rings is 2. The van der Waals surface area contributed by atoms with E-state index in [1.807, 2.05) is 36.4 Å². The molecule has 3 unspecified atom stereocenters. The number of likely N-dealkylation sites (N-methyl/N-ethyl adjacent to an activating group) is 1. The fourth-order valence-electron chi connectivity index (χ4n) is 6.71. The van der Waals surface area contributed by atoms with Gasteiger partial charge in [0.15, 0.2) is 0 Å². The zero-order chi connectivity index (χ0) is 31.0. The zero-order valence-corrected chi connectivity index (χ0v) is 27.1. The SMILES string of the molecule is C=CC(c1cc2ccc(Cl)cc2s1)S(=O)(=O)N1CC(C=O)N(Cc2ccc3c(N)ncnc3c2)C(CN(C)C2CCCC2)C1. The van der Waals surface area contributed by atoms with Crippen molar-refractivity contribution in [2.45, 2.75) is 55.6 Å². The summed E-state index contributed by atoms with van der Waals surface area (Å²) in [7, 11) is -1.77. The minimum atomic E-state index is -3.89. The molecule has 12 heteroatoms. The molecule has 3 heterocycles. The quantitative estimate of drug-likeness (QED) is 0.182. The molecule has 1 saturated heterocycles. The second-order valence-electron chi connectivity index (χ2n) is 11.9. The van der Waals surface area contributed by atoms with E-state index in [4.69, 9.17) is 17.3 Å². The van der Waals surface area contributed by atoms with Crippen LogP contribution in [0.5, 0.6) is 0 Å². The minimum Gasteiger partial charge on any atom is -0.383 e. The third-order valence-corrected chi connectivity index (χ3v) is 12.7. The molecule has 1 saturated carbocycles. The van der Waals surface area contributed by atoms with Gasteiger partial charge in [0.2, 0.25) is 10.0 Å². The molecule has 0 amide bonds. The van der Waals surface area contributed by atoms with Gasteiger partial charge in [0.05, 0.1) is 11.6 Å². The van der Waals surface area contributed by atoms with Gasteiger partial charge in [-0.2, -0.15) is 4.31 Å². The van der Waals surface area contributed by atoms with E-state index in [0.717, 1.165) is 45.7 Å². The molecule has 0 bridgehead atoms. The summed E-state index contributed by atoms with van der Waals surface area (Å²) in [4.78, 5) is 26.3. The number of piperazine rings is 1. The number of aromatic nitrogens is 2. The average Bonchev–Trinajstić information content (AvgIpc) is 3.68. The molecule has 1 aliphatic carbocycles. The number of hydrogen-bond donors (Lipinski definition) is 1. The predicted octanol–water partition coefficient (Wildman–Crippen LogP) is 5.27. The third kappa shape index (κ3) is 6.14. The van der Waals surface area contributed by atoms with Crippen LogP contribution in [0.3, 0.4) is 0 Å². The second kappa shape index (κ2) is 12.8. The van der Waals surface area contributed by atoms with Crippen LogP contribution in [0.2, 0.25) is 5.02 Å². The maximum absolute atomic E-state index is 14.3. The van der Waals surface area contributed by atoms with Crippen LogP contribution in [0, 0.1) is 0 Å². The summed E-state index contributed by atoms with van der Waals surface area (Å²) >= 11 is 7.61. The number of thiophene rings is 1. The van der Waals surface area contributed by atoms with Gasteiger partial charge in [0, 0.05) is 58.2 Å². The number of carbonyl (C=O) groups excluding carboxylic acids is 1. The van der Waals surface area contributed by atoms with Crippen molar-refractivity contribution in [3.8, 4) is 0 Å². The van der Waals surface area contributed by atoms with E-state index < -0.39 is 21.3 Å². The highest BCUT2D eigenvalue weighted by Crippen LogP contribution is 2.38. The van der Waals surface area contributed by atoms with Crippen molar-refractivity contribution in [2.24, 2.45) is 0 Å². The lowest BCUT2D eigenvalue weighted by Crippen LogP contribution is -2.63. The molecule has 0 spiro atoms. The molecule has 1 aliphatic heterocycles. The van der Waals surface area contributed by atoms with Gasteiger partial charge >= 0.3 is 0 Å². The van der Waals surface area contributed by atoms with Gasteiger partial charge in [-0.15, -0.1) is 17.9 Å². The summed E-state index contributed by atoms with van der Waals surface area (Å²) in [6, 6.07) is 12.9. The zero-order valence-electron chi connectivity index (χ0n) is 24.7. The Morgan fingerprint density at radius 3 is 2.70 bits per heavy atom. The fourth-order valence-corrected chi connectivity index (χ4v) is 10.2. The number of fused-ring (bicyclic) bond motifs is 2. The highest BCUT2D eigenvalue weighted by Gasteiger charge is 2.43. The van der Waals surface area contributed by atoms with Gasteiger partial charge in [-0.1, -0.05) is 42.7 Å². The first kappa shape index (κ1) is 31.1. The number of nitrogens with two attached hydrogens (primary N) is 1. The summed E-state index contributed by atoms with van der Waals surface area (Å²) in [6.45, 7) is 5.37. The highest BCUT2D eigenvalue weighted by atomic mass is 35.5. The van der Waals surface area contributed by atoms with E-state index in [0.29, 0.717) is 34.8 Å². The molecule has 2 aromatic heterocycles. The minimum absolute atomic E-state index is 0.0687. The van der Waals surface area contributed by atoms with Crippen LogP contribution in [0.4, 0.5) is 5.82 Å². The Bertz CT molecular complexity index is 1790. The number of aldehydes is 1. The first-order valence-electron chi connectivity index (χ1n) is 14.9. The summed E-state index contributed by atoms with van der Waals surface area (Å²) in [5, 5.41) is 1.38. The van der Waals surface area contributed by atoms with E-state index in [1.165, 1.54) is 40.9 Å². The van der Waals surface area contributed by atoms with E-state index in [9.17, 15) is 13.2 Å². The molecule has 3 atom stereocenters. The topological polar surface area (TPSA) is 113 Å². The van der Waals surface area contributed by atoms with E-state index in [1.54, 1.807) is 6.07 Å². The van der Waals surface area contributed by atoms with Gasteiger partial charge < -0.3 is 15.4 Å². The lowest BCUT2D eigenvalue weighted by Gasteiger charge is -2.46. The van der Waals surface area contributed by atoms with Gasteiger partial charge in [-0.05, 0) is 61.2 Å². The number of hydrogen-bond acceptors (Lipinski definition) is 9. The molecule has 9 nitrogen and oxygen atoms in total. The number of sulfonamides is 1. The monoisotopic (exact) mass is 652 g/mol. The molecule has 2 fully saturated rings. The molecule has 2 aliphatic rings. The van der Waals surface area contributed by atoms with E-state index >= 15 is 0 Å². The maximum atomic E-state index is 14.3. The largest absolute Gasteiger partial charge is 0.383 e. The molecular formula is C32H37ClN6O3S2. The Morgan fingerprint density at radius 1 is 1.16 bits per heavy atom. The Hall–Kier alpha value is -2.93. The van der Waals surface area contributed by atoms with Crippen LogP contribution in [-0.4, -0.2) is 83.6 Å². The summed E-state index contributed by atoms with van der Waals surface area (Å²) in [6.07, 6.45) is 8.47. The number of rotatable bonds is 10. The van der Waals surface area contributed by atoms with Gasteiger partial charge in [-0.25, -0.2) is 18.4 Å². The van der Waals surface area contributed by atoms with Crippen molar-refractivity contribution in [2.75, 3.05) is 32.4 Å². The molecular weight excluding hydrogens is 616 g/mol. The third-order valence-electron chi connectivity index (χ3n) is 9.08. The number of carbonyl (C=O) groups is 1. The average molecular weight is 653 g/mol. The Balaban J connectivity index is 1.32. The molecule has 6 rings (SSSR count). The number of nitrogen functional groups attached to an aromatic ring is 1. The van der Waals surface area contributed by atoms with Gasteiger partial charge in [-0.3, -0.25) is 4.90 Å². The summed E-state index contributed by atoms with van der Waals surface area (Å²) in [5.41, 5.74) is 7.75. The van der Waals surface area contributed by atoms with Crippen molar-refractivity contribution < 1.29 is 13.2 Å². The fraction of sp³-hybridized carbons (Fsp3) is 0.406. The molecule has 2 aromatic carbocycles. The van der Waals surface area contributed by atoms with Crippen LogP contribution >= 0.6 is 22.9 Å². The number of anilines is 1. The van der Waals surface area contributed by atoms with Crippen molar-refractivity contribution in [1.29, 1.82) is 0 Å². The van der Waals surface area contributed by atoms with E-state index in [2.05, 4.69) is 33.4 Å². The Labute approximate surface area is 267 Å². The van der Waals surface area contributed by atoms with Crippen molar-refractivity contribution in [3.05, 3.63) is 76.9 Å². The second-order valence-corrected chi connectivity index (χ2v) is 15.5. The van der Waals surface area contributed by atoms with Gasteiger partial charge in [0.1, 0.15) is 23.7 Å². The van der Waals surface area contributed by atoms with Crippen molar-refractivity contribution >= 4 is 66.1 Å². The number of halogens is 1. The molecule has 0 radical (unpaired) electrons. The van der Waals surface area contributed by atoms with Gasteiger partial charge in [0.25, 0.3) is 0 Å². The van der Waals surface area contributed by atoms with Crippen LogP contribution in [0.25, 0.3) is 21.0 Å². The van der Waals surface area contributed by atoms with Crippen molar-refractivity contribution in [1.82, 2.24) is 24.1 Å². The smallest absolute Gasteiger partial charge is 0.225 e. The lowest BCUT2D eigenvalue weighted by atomic mass is 10.0. The normalized spacial score (nSPS) is 21.3. The Morgan fingerprint density at radius 2 is 1.95 bits per heavy atom. The highest BCUT2D eigenvalue weighted by molar-refractivity contribution is 7.89. The lowest BCUT2D eigenvalue weighted by molar-refractivity contribution is -0.116. The van der Waals surface area contributed by atoms with Crippen LogP contribution in [-0.2, 0) is 21.4 Å². The summed E-state index contributed by atoms with van der Waals surface area (Å²) < 4.78 is 31.1. The number of nitrogens with zero attached hydrogens (tertiary/aromatic N) is 5.